The predicted molar refractivity (Wildman–Crippen MR) is 75.4 cm³/mol. The number of hydrogen-bond donors (Lipinski definition) is 2. The first-order valence-corrected chi connectivity index (χ1v) is 6.79. The standard InChI is InChI=1S/C13H16N4OS/c1-8-6-11(18)17-13(16-8)19-12-7-10(4-5-15-12)9(2)14-3/h4-7,9,14H,1-3H3,(H,16,17,18). The van der Waals surface area contributed by atoms with E-state index in [-0.39, 0.29) is 11.6 Å². The Morgan fingerprint density at radius 3 is 2.89 bits per heavy atom. The topological polar surface area (TPSA) is 70.7 Å². The van der Waals surface area contributed by atoms with Crippen molar-refractivity contribution in [3.05, 3.63) is 46.0 Å². The first kappa shape index (κ1) is 13.8. The maximum atomic E-state index is 11.4. The fourth-order valence-corrected chi connectivity index (χ4v) is 2.46. The van der Waals surface area contributed by atoms with E-state index in [1.165, 1.54) is 17.8 Å². The van der Waals surface area contributed by atoms with Crippen molar-refractivity contribution in [1.82, 2.24) is 20.3 Å². The maximum Gasteiger partial charge on any atom is 0.251 e. The summed E-state index contributed by atoms with van der Waals surface area (Å²) in [5.41, 5.74) is 1.70. The van der Waals surface area contributed by atoms with Gasteiger partial charge in [0.25, 0.3) is 5.56 Å². The third kappa shape index (κ3) is 3.65. The van der Waals surface area contributed by atoms with E-state index in [0.29, 0.717) is 10.9 Å². The van der Waals surface area contributed by atoms with E-state index < -0.39 is 0 Å². The summed E-state index contributed by atoms with van der Waals surface area (Å²) in [6, 6.07) is 5.69. The third-order valence-electron chi connectivity index (χ3n) is 2.74. The van der Waals surface area contributed by atoms with Crippen molar-refractivity contribution in [2.24, 2.45) is 0 Å². The van der Waals surface area contributed by atoms with Crippen LogP contribution in [0.15, 0.2) is 39.4 Å². The number of nitrogens with one attached hydrogen (secondary N) is 2. The molecular weight excluding hydrogens is 260 g/mol. The molecule has 1 unspecified atom stereocenters. The number of rotatable bonds is 4. The highest BCUT2D eigenvalue weighted by molar-refractivity contribution is 7.99. The average Bonchev–Trinajstić information content (AvgIpc) is 2.37. The Labute approximate surface area is 115 Å². The minimum Gasteiger partial charge on any atom is -0.313 e. The molecule has 0 aliphatic heterocycles. The van der Waals surface area contributed by atoms with E-state index >= 15 is 0 Å². The molecular formula is C13H16N4OS. The van der Waals surface area contributed by atoms with E-state index in [1.54, 1.807) is 13.1 Å². The minimum absolute atomic E-state index is 0.144. The van der Waals surface area contributed by atoms with Crippen LogP contribution in [0.4, 0.5) is 0 Å². The molecule has 100 valence electrons. The average molecular weight is 276 g/mol. The number of hydrogen-bond acceptors (Lipinski definition) is 5. The maximum absolute atomic E-state index is 11.4. The van der Waals surface area contributed by atoms with Crippen LogP contribution < -0.4 is 10.9 Å². The third-order valence-corrected chi connectivity index (χ3v) is 3.56. The molecule has 0 aliphatic carbocycles. The van der Waals surface area contributed by atoms with Gasteiger partial charge in [0.2, 0.25) is 0 Å². The van der Waals surface area contributed by atoms with E-state index in [1.807, 2.05) is 19.2 Å². The molecule has 5 nitrogen and oxygen atoms in total. The molecule has 0 amide bonds. The Bertz CT molecular complexity index is 626. The van der Waals surface area contributed by atoms with Crippen LogP contribution in [0.1, 0.15) is 24.2 Å². The zero-order valence-electron chi connectivity index (χ0n) is 11.1. The normalized spacial score (nSPS) is 12.4. The van der Waals surface area contributed by atoms with Crippen molar-refractivity contribution in [2.45, 2.75) is 30.1 Å². The van der Waals surface area contributed by atoms with Crippen LogP contribution in [-0.2, 0) is 0 Å². The summed E-state index contributed by atoms with van der Waals surface area (Å²) >= 11 is 1.35. The van der Waals surface area contributed by atoms with Gasteiger partial charge >= 0.3 is 0 Å². The van der Waals surface area contributed by atoms with E-state index in [4.69, 9.17) is 0 Å². The molecule has 0 aromatic carbocycles. The number of pyridine rings is 1. The summed E-state index contributed by atoms with van der Waals surface area (Å²) in [6.45, 7) is 3.88. The smallest absolute Gasteiger partial charge is 0.251 e. The van der Waals surface area contributed by atoms with E-state index in [9.17, 15) is 4.79 Å². The lowest BCUT2D eigenvalue weighted by Gasteiger charge is -2.11. The van der Waals surface area contributed by atoms with Gasteiger partial charge in [-0.05, 0) is 50.4 Å². The molecule has 2 N–H and O–H groups in total. The summed E-state index contributed by atoms with van der Waals surface area (Å²) in [6.07, 6.45) is 1.76. The van der Waals surface area contributed by atoms with Crippen molar-refractivity contribution >= 4 is 11.8 Å². The highest BCUT2D eigenvalue weighted by Gasteiger charge is 2.07. The summed E-state index contributed by atoms with van der Waals surface area (Å²) in [5.74, 6) is 0. The fourth-order valence-electron chi connectivity index (χ4n) is 1.62. The van der Waals surface area contributed by atoms with Crippen LogP contribution in [0.2, 0.25) is 0 Å². The van der Waals surface area contributed by atoms with Crippen molar-refractivity contribution in [3.63, 3.8) is 0 Å². The first-order valence-electron chi connectivity index (χ1n) is 5.97. The molecule has 19 heavy (non-hydrogen) atoms. The summed E-state index contributed by atoms with van der Waals surface area (Å²) in [7, 11) is 1.91. The van der Waals surface area contributed by atoms with Gasteiger partial charge in [-0.2, -0.15) is 0 Å². The molecule has 2 aromatic rings. The fraction of sp³-hybridized carbons (Fsp3) is 0.308. The van der Waals surface area contributed by atoms with Gasteiger partial charge in [0, 0.05) is 24.0 Å². The highest BCUT2D eigenvalue weighted by Crippen LogP contribution is 2.24. The number of aromatic amines is 1. The van der Waals surface area contributed by atoms with Gasteiger partial charge in [0.05, 0.1) is 0 Å². The molecule has 0 spiro atoms. The summed E-state index contributed by atoms with van der Waals surface area (Å²) < 4.78 is 0. The molecule has 2 rings (SSSR count). The van der Waals surface area contributed by atoms with Crippen molar-refractivity contribution in [3.8, 4) is 0 Å². The molecule has 0 bridgehead atoms. The largest absolute Gasteiger partial charge is 0.313 e. The predicted octanol–water partition coefficient (Wildman–Crippen LogP) is 1.90. The van der Waals surface area contributed by atoms with Crippen LogP contribution in [0.3, 0.4) is 0 Å². The molecule has 0 radical (unpaired) electrons. The van der Waals surface area contributed by atoms with Gasteiger partial charge < -0.3 is 10.3 Å². The van der Waals surface area contributed by atoms with Gasteiger partial charge in [0.15, 0.2) is 5.16 Å². The van der Waals surface area contributed by atoms with Crippen molar-refractivity contribution < 1.29 is 0 Å². The number of nitrogens with zero attached hydrogens (tertiary/aromatic N) is 2. The van der Waals surface area contributed by atoms with Crippen LogP contribution in [0.5, 0.6) is 0 Å². The first-order chi connectivity index (χ1) is 9.08. The Morgan fingerprint density at radius 2 is 2.21 bits per heavy atom. The second-order valence-corrected chi connectivity index (χ2v) is 5.24. The van der Waals surface area contributed by atoms with Gasteiger partial charge in [0.1, 0.15) is 5.03 Å². The lowest BCUT2D eigenvalue weighted by molar-refractivity contribution is 0.649. The Hall–Kier alpha value is -1.66. The van der Waals surface area contributed by atoms with Gasteiger partial charge in [-0.3, -0.25) is 4.79 Å². The zero-order valence-corrected chi connectivity index (χ0v) is 11.9. The Morgan fingerprint density at radius 1 is 1.42 bits per heavy atom. The molecule has 2 heterocycles. The number of aromatic nitrogens is 3. The van der Waals surface area contributed by atoms with Crippen LogP contribution in [-0.4, -0.2) is 22.0 Å². The van der Waals surface area contributed by atoms with Crippen LogP contribution in [0.25, 0.3) is 0 Å². The van der Waals surface area contributed by atoms with Gasteiger partial charge in [-0.25, -0.2) is 9.97 Å². The molecule has 0 fully saturated rings. The summed E-state index contributed by atoms with van der Waals surface area (Å²) in [4.78, 5) is 22.6. The summed E-state index contributed by atoms with van der Waals surface area (Å²) in [5, 5.41) is 4.56. The van der Waals surface area contributed by atoms with E-state index in [0.717, 1.165) is 10.6 Å². The van der Waals surface area contributed by atoms with Crippen LogP contribution in [0, 0.1) is 6.92 Å². The van der Waals surface area contributed by atoms with E-state index in [2.05, 4.69) is 27.2 Å². The molecule has 6 heteroatoms. The number of aryl methyl sites for hydroxylation is 1. The quantitative estimate of drug-likeness (QED) is 0.835. The number of H-pyrrole nitrogens is 1. The minimum atomic E-state index is -0.144. The SMILES string of the molecule is CNC(C)c1ccnc(Sc2nc(C)cc(=O)[nH]2)c1. The molecule has 1 atom stereocenters. The lowest BCUT2D eigenvalue weighted by Crippen LogP contribution is -2.12. The lowest BCUT2D eigenvalue weighted by atomic mass is 10.1. The highest BCUT2D eigenvalue weighted by atomic mass is 32.2. The molecule has 0 saturated carbocycles. The zero-order chi connectivity index (χ0) is 13.8. The van der Waals surface area contributed by atoms with Gasteiger partial charge in [-0.1, -0.05) is 0 Å². The van der Waals surface area contributed by atoms with Crippen LogP contribution >= 0.6 is 11.8 Å². The molecule has 2 aromatic heterocycles. The van der Waals surface area contributed by atoms with Crippen molar-refractivity contribution in [2.75, 3.05) is 7.05 Å². The van der Waals surface area contributed by atoms with Crippen molar-refractivity contribution in [1.29, 1.82) is 0 Å². The second-order valence-electron chi connectivity index (χ2n) is 4.23. The Kier molecular flexibility index (Phi) is 4.34. The van der Waals surface area contributed by atoms with Gasteiger partial charge in [-0.15, -0.1) is 0 Å². The monoisotopic (exact) mass is 276 g/mol. The second kappa shape index (κ2) is 5.99. The Balaban J connectivity index is 2.25. The molecule has 0 saturated heterocycles. The molecule has 0 aliphatic rings.